The standard InChI is InChI=1S/C11H15NO2S/c13-10-1-3-11(4-2-10)14-7-5-12-6-8-15-9-12/h1-4,13H,5-9H2. The molecule has 1 aliphatic rings. The quantitative estimate of drug-likeness (QED) is 0.846. The summed E-state index contributed by atoms with van der Waals surface area (Å²) in [6.45, 7) is 2.86. The van der Waals surface area contributed by atoms with Crippen LogP contribution < -0.4 is 4.74 Å². The van der Waals surface area contributed by atoms with Crippen molar-refractivity contribution in [1.29, 1.82) is 0 Å². The zero-order valence-corrected chi connectivity index (χ0v) is 9.37. The molecular formula is C11H15NO2S. The van der Waals surface area contributed by atoms with Gasteiger partial charge in [0.15, 0.2) is 0 Å². The van der Waals surface area contributed by atoms with E-state index >= 15 is 0 Å². The van der Waals surface area contributed by atoms with Crippen LogP contribution in [0.25, 0.3) is 0 Å². The van der Waals surface area contributed by atoms with E-state index < -0.39 is 0 Å². The fourth-order valence-electron chi connectivity index (χ4n) is 1.46. The first kappa shape index (κ1) is 10.6. The van der Waals surface area contributed by atoms with E-state index in [-0.39, 0.29) is 5.75 Å². The van der Waals surface area contributed by atoms with Gasteiger partial charge >= 0.3 is 0 Å². The van der Waals surface area contributed by atoms with Crippen molar-refractivity contribution in [3.05, 3.63) is 24.3 Å². The summed E-state index contributed by atoms with van der Waals surface area (Å²) in [5, 5.41) is 9.09. The van der Waals surface area contributed by atoms with Gasteiger partial charge < -0.3 is 9.84 Å². The van der Waals surface area contributed by atoms with Crippen LogP contribution in [0.1, 0.15) is 0 Å². The normalized spacial score (nSPS) is 16.8. The van der Waals surface area contributed by atoms with Crippen molar-refractivity contribution in [3.8, 4) is 11.5 Å². The molecule has 0 aliphatic carbocycles. The molecule has 1 aromatic carbocycles. The number of aromatic hydroxyl groups is 1. The summed E-state index contributed by atoms with van der Waals surface area (Å²) in [6.07, 6.45) is 0. The van der Waals surface area contributed by atoms with Crippen molar-refractivity contribution in [2.24, 2.45) is 0 Å². The molecule has 1 aliphatic heterocycles. The van der Waals surface area contributed by atoms with E-state index in [1.54, 1.807) is 24.3 Å². The predicted octanol–water partition coefficient (Wildman–Crippen LogP) is 1.78. The van der Waals surface area contributed by atoms with Crippen LogP contribution in [0.2, 0.25) is 0 Å². The summed E-state index contributed by atoms with van der Waals surface area (Å²) in [5.41, 5.74) is 0. The highest BCUT2D eigenvalue weighted by molar-refractivity contribution is 7.99. The third-order valence-corrected chi connectivity index (χ3v) is 3.36. The van der Waals surface area contributed by atoms with E-state index in [4.69, 9.17) is 9.84 Å². The maximum atomic E-state index is 9.09. The molecule has 82 valence electrons. The molecule has 1 heterocycles. The molecule has 0 saturated carbocycles. The number of rotatable bonds is 4. The summed E-state index contributed by atoms with van der Waals surface area (Å²) < 4.78 is 5.56. The van der Waals surface area contributed by atoms with Gasteiger partial charge in [-0.25, -0.2) is 0 Å². The van der Waals surface area contributed by atoms with Crippen LogP contribution in [0, 0.1) is 0 Å². The van der Waals surface area contributed by atoms with Crippen LogP contribution in [-0.2, 0) is 0 Å². The summed E-state index contributed by atoms with van der Waals surface area (Å²) in [6, 6.07) is 6.85. The molecule has 1 N–H and O–H groups in total. The lowest BCUT2D eigenvalue weighted by Gasteiger charge is -2.14. The van der Waals surface area contributed by atoms with Gasteiger partial charge in [-0.05, 0) is 24.3 Å². The summed E-state index contributed by atoms with van der Waals surface area (Å²) in [4.78, 5) is 2.38. The molecule has 0 amide bonds. The lowest BCUT2D eigenvalue weighted by molar-refractivity contribution is 0.244. The first-order valence-corrected chi connectivity index (χ1v) is 6.22. The zero-order valence-electron chi connectivity index (χ0n) is 8.56. The number of thioether (sulfide) groups is 1. The molecule has 1 fully saturated rings. The van der Waals surface area contributed by atoms with Crippen LogP contribution in [0.5, 0.6) is 11.5 Å². The molecule has 0 bridgehead atoms. The van der Waals surface area contributed by atoms with Gasteiger partial charge in [-0.15, -0.1) is 11.8 Å². The van der Waals surface area contributed by atoms with Gasteiger partial charge in [0, 0.05) is 24.7 Å². The Hall–Kier alpha value is -0.870. The molecule has 0 aromatic heterocycles. The van der Waals surface area contributed by atoms with Crippen molar-refractivity contribution < 1.29 is 9.84 Å². The van der Waals surface area contributed by atoms with Gasteiger partial charge in [0.1, 0.15) is 18.1 Å². The number of phenolic OH excluding ortho intramolecular Hbond substituents is 1. The van der Waals surface area contributed by atoms with Crippen LogP contribution in [-0.4, -0.2) is 41.3 Å². The monoisotopic (exact) mass is 225 g/mol. The first-order valence-electron chi connectivity index (χ1n) is 5.06. The highest BCUT2D eigenvalue weighted by atomic mass is 32.2. The molecule has 0 radical (unpaired) electrons. The van der Waals surface area contributed by atoms with E-state index in [0.717, 1.165) is 18.2 Å². The van der Waals surface area contributed by atoms with E-state index in [1.165, 1.54) is 12.3 Å². The average Bonchev–Trinajstić information content (AvgIpc) is 2.74. The van der Waals surface area contributed by atoms with Gasteiger partial charge in [0.05, 0.1) is 0 Å². The van der Waals surface area contributed by atoms with Crippen molar-refractivity contribution in [1.82, 2.24) is 4.90 Å². The molecule has 3 nitrogen and oxygen atoms in total. The number of benzene rings is 1. The highest BCUT2D eigenvalue weighted by Gasteiger charge is 2.10. The number of hydrogen-bond donors (Lipinski definition) is 1. The molecular weight excluding hydrogens is 210 g/mol. The SMILES string of the molecule is Oc1ccc(OCCN2CCSC2)cc1. The van der Waals surface area contributed by atoms with Gasteiger partial charge in [0.2, 0.25) is 0 Å². The van der Waals surface area contributed by atoms with E-state index in [2.05, 4.69) is 4.90 Å². The third kappa shape index (κ3) is 3.32. The smallest absolute Gasteiger partial charge is 0.119 e. The van der Waals surface area contributed by atoms with Crippen molar-refractivity contribution >= 4 is 11.8 Å². The molecule has 4 heteroatoms. The molecule has 1 aromatic rings. The van der Waals surface area contributed by atoms with Gasteiger partial charge in [-0.1, -0.05) is 0 Å². The Labute approximate surface area is 94.0 Å². The molecule has 0 spiro atoms. The molecule has 1 saturated heterocycles. The lowest BCUT2D eigenvalue weighted by atomic mass is 10.3. The molecule has 0 unspecified atom stereocenters. The molecule has 15 heavy (non-hydrogen) atoms. The maximum Gasteiger partial charge on any atom is 0.119 e. The average molecular weight is 225 g/mol. The molecule has 2 rings (SSSR count). The second kappa shape index (κ2) is 5.28. The largest absolute Gasteiger partial charge is 0.508 e. The zero-order chi connectivity index (χ0) is 10.5. The first-order chi connectivity index (χ1) is 7.34. The molecule has 0 atom stereocenters. The summed E-state index contributed by atoms with van der Waals surface area (Å²) in [5.74, 6) is 3.45. The predicted molar refractivity (Wildman–Crippen MR) is 62.5 cm³/mol. The van der Waals surface area contributed by atoms with Crippen molar-refractivity contribution in [2.75, 3.05) is 31.3 Å². The van der Waals surface area contributed by atoms with Gasteiger partial charge in [0.25, 0.3) is 0 Å². The number of phenols is 1. The second-order valence-electron chi connectivity index (χ2n) is 3.50. The Morgan fingerprint density at radius 3 is 2.80 bits per heavy atom. The minimum atomic E-state index is 0.276. The minimum Gasteiger partial charge on any atom is -0.508 e. The Morgan fingerprint density at radius 1 is 1.33 bits per heavy atom. The fourth-order valence-corrected chi connectivity index (χ4v) is 2.50. The van der Waals surface area contributed by atoms with Crippen molar-refractivity contribution in [2.45, 2.75) is 0 Å². The Morgan fingerprint density at radius 2 is 2.13 bits per heavy atom. The van der Waals surface area contributed by atoms with E-state index in [1.807, 2.05) is 11.8 Å². The van der Waals surface area contributed by atoms with Crippen LogP contribution in [0.15, 0.2) is 24.3 Å². The van der Waals surface area contributed by atoms with Crippen LogP contribution >= 0.6 is 11.8 Å². The van der Waals surface area contributed by atoms with Crippen LogP contribution in [0.4, 0.5) is 0 Å². The number of ether oxygens (including phenoxy) is 1. The minimum absolute atomic E-state index is 0.276. The van der Waals surface area contributed by atoms with Gasteiger partial charge in [-0.2, -0.15) is 0 Å². The van der Waals surface area contributed by atoms with Gasteiger partial charge in [-0.3, -0.25) is 4.90 Å². The summed E-state index contributed by atoms with van der Waals surface area (Å²) in [7, 11) is 0. The Balaban J connectivity index is 1.71. The van der Waals surface area contributed by atoms with Crippen LogP contribution in [0.3, 0.4) is 0 Å². The summed E-state index contributed by atoms with van der Waals surface area (Å²) >= 11 is 1.97. The number of hydrogen-bond acceptors (Lipinski definition) is 4. The fraction of sp³-hybridized carbons (Fsp3) is 0.455. The highest BCUT2D eigenvalue weighted by Crippen LogP contribution is 2.16. The second-order valence-corrected chi connectivity index (χ2v) is 4.57. The van der Waals surface area contributed by atoms with E-state index in [0.29, 0.717) is 6.61 Å². The Bertz CT molecular complexity index is 296. The lowest BCUT2D eigenvalue weighted by Crippen LogP contribution is -2.25. The topological polar surface area (TPSA) is 32.7 Å². The Kier molecular flexibility index (Phi) is 3.75. The van der Waals surface area contributed by atoms with E-state index in [9.17, 15) is 0 Å². The van der Waals surface area contributed by atoms with Crippen molar-refractivity contribution in [3.63, 3.8) is 0 Å². The number of nitrogens with zero attached hydrogens (tertiary/aromatic N) is 1. The maximum absolute atomic E-state index is 9.09. The third-order valence-electron chi connectivity index (χ3n) is 2.34.